The lowest BCUT2D eigenvalue weighted by atomic mass is 10.0. The van der Waals surface area contributed by atoms with Crippen molar-refractivity contribution in [1.29, 1.82) is 0 Å². The predicted octanol–water partition coefficient (Wildman–Crippen LogP) is 2.51. The van der Waals surface area contributed by atoms with Crippen LogP contribution in [0.15, 0.2) is 53.0 Å². The van der Waals surface area contributed by atoms with Crippen molar-refractivity contribution in [3.05, 3.63) is 74.2 Å². The number of nitro groups is 1. The summed E-state index contributed by atoms with van der Waals surface area (Å²) in [5.41, 5.74) is 0.517. The first-order chi connectivity index (χ1) is 13.8. The number of hydrogen-bond donors (Lipinski definition) is 2. The molecule has 0 aliphatic rings. The van der Waals surface area contributed by atoms with Crippen molar-refractivity contribution in [2.24, 2.45) is 0 Å². The van der Waals surface area contributed by atoms with Crippen molar-refractivity contribution in [3.63, 3.8) is 0 Å². The van der Waals surface area contributed by atoms with Crippen LogP contribution in [0.2, 0.25) is 0 Å². The van der Waals surface area contributed by atoms with Gasteiger partial charge in [0.05, 0.1) is 31.0 Å². The predicted molar refractivity (Wildman–Crippen MR) is 107 cm³/mol. The Balaban J connectivity index is 2.02. The van der Waals surface area contributed by atoms with Gasteiger partial charge < -0.3 is 15.4 Å². The zero-order valence-corrected chi connectivity index (χ0v) is 17.0. The minimum Gasteiger partial charge on any atom is -0.469 e. The van der Waals surface area contributed by atoms with Gasteiger partial charge in [0, 0.05) is 22.2 Å². The van der Waals surface area contributed by atoms with Gasteiger partial charge >= 0.3 is 5.97 Å². The quantitative estimate of drug-likeness (QED) is 0.351. The van der Waals surface area contributed by atoms with Crippen LogP contribution in [0.25, 0.3) is 0 Å². The molecule has 10 heteroatoms. The number of nitro benzene ring substituents is 1. The van der Waals surface area contributed by atoms with Crippen LogP contribution in [0, 0.1) is 10.1 Å². The second-order valence-corrected chi connectivity index (χ2v) is 6.86. The largest absolute Gasteiger partial charge is 0.469 e. The zero-order valence-electron chi connectivity index (χ0n) is 15.4. The van der Waals surface area contributed by atoms with Gasteiger partial charge in [0.15, 0.2) is 0 Å². The van der Waals surface area contributed by atoms with E-state index in [-0.39, 0.29) is 24.2 Å². The molecule has 0 spiro atoms. The Kier molecular flexibility index (Phi) is 7.84. The van der Waals surface area contributed by atoms with Crippen molar-refractivity contribution in [2.75, 3.05) is 13.7 Å². The summed E-state index contributed by atoms with van der Waals surface area (Å²) in [6, 6.07) is 11.6. The SMILES string of the molecule is COC(=O)C[C@H](NC(=O)CNC(=O)c1cccc([N+](=O)[O-])c1)c1cccc(Br)c1. The maximum absolute atomic E-state index is 12.3. The van der Waals surface area contributed by atoms with E-state index < -0.39 is 28.7 Å². The maximum atomic E-state index is 12.3. The van der Waals surface area contributed by atoms with E-state index >= 15 is 0 Å². The van der Waals surface area contributed by atoms with Crippen LogP contribution in [0.3, 0.4) is 0 Å². The molecule has 2 amide bonds. The summed E-state index contributed by atoms with van der Waals surface area (Å²) in [7, 11) is 1.25. The number of halogens is 1. The van der Waals surface area contributed by atoms with Crippen LogP contribution >= 0.6 is 15.9 Å². The molecule has 0 saturated carbocycles. The Morgan fingerprint density at radius 1 is 1.17 bits per heavy atom. The van der Waals surface area contributed by atoms with Gasteiger partial charge in [-0.05, 0) is 23.8 Å². The van der Waals surface area contributed by atoms with Gasteiger partial charge in [0.1, 0.15) is 0 Å². The molecule has 0 heterocycles. The topological polar surface area (TPSA) is 128 Å². The van der Waals surface area contributed by atoms with E-state index in [0.29, 0.717) is 5.56 Å². The zero-order chi connectivity index (χ0) is 21.4. The van der Waals surface area contributed by atoms with Crippen LogP contribution in [0.5, 0.6) is 0 Å². The number of hydrogen-bond acceptors (Lipinski definition) is 6. The standard InChI is InChI=1S/C19H18BrN3O6/c1-29-18(25)10-16(12-4-2-6-14(20)8-12)22-17(24)11-21-19(26)13-5-3-7-15(9-13)23(27)28/h2-9,16H,10-11H2,1H3,(H,21,26)(H,22,24)/t16-/m0/s1. The Bertz CT molecular complexity index is 934. The smallest absolute Gasteiger partial charge is 0.307 e. The molecule has 0 bridgehead atoms. The summed E-state index contributed by atoms with van der Waals surface area (Å²) < 4.78 is 5.45. The number of esters is 1. The van der Waals surface area contributed by atoms with Gasteiger partial charge in [0.25, 0.3) is 11.6 Å². The van der Waals surface area contributed by atoms with Crippen LogP contribution < -0.4 is 10.6 Å². The van der Waals surface area contributed by atoms with Crippen molar-refractivity contribution < 1.29 is 24.0 Å². The van der Waals surface area contributed by atoms with Gasteiger partial charge in [-0.1, -0.05) is 34.1 Å². The van der Waals surface area contributed by atoms with Crippen molar-refractivity contribution in [1.82, 2.24) is 10.6 Å². The highest BCUT2D eigenvalue weighted by Crippen LogP contribution is 2.21. The fraction of sp³-hybridized carbons (Fsp3) is 0.211. The van der Waals surface area contributed by atoms with Crippen LogP contribution in [-0.2, 0) is 14.3 Å². The normalized spacial score (nSPS) is 11.2. The molecule has 29 heavy (non-hydrogen) atoms. The molecule has 0 unspecified atom stereocenters. The Morgan fingerprint density at radius 2 is 1.90 bits per heavy atom. The first kappa shape index (κ1) is 22.0. The number of carbonyl (C=O) groups excluding carboxylic acids is 3. The molecule has 0 aromatic heterocycles. The number of methoxy groups -OCH3 is 1. The minimum absolute atomic E-state index is 0.0603. The number of ether oxygens (including phenoxy) is 1. The van der Waals surface area contributed by atoms with E-state index in [2.05, 4.69) is 31.3 Å². The van der Waals surface area contributed by atoms with E-state index in [1.165, 1.54) is 25.3 Å². The third-order valence-corrected chi connectivity index (χ3v) is 4.41. The van der Waals surface area contributed by atoms with Crippen LogP contribution in [-0.4, -0.2) is 36.4 Å². The molecule has 0 aliphatic carbocycles. The average molecular weight is 464 g/mol. The summed E-state index contributed by atoms with van der Waals surface area (Å²) in [4.78, 5) is 46.3. The highest BCUT2D eigenvalue weighted by atomic mass is 79.9. The summed E-state index contributed by atoms with van der Waals surface area (Å²) in [6.07, 6.45) is -0.0858. The molecule has 9 nitrogen and oxygen atoms in total. The van der Waals surface area contributed by atoms with E-state index in [1.807, 2.05) is 0 Å². The molecule has 2 aromatic carbocycles. The Morgan fingerprint density at radius 3 is 2.55 bits per heavy atom. The molecule has 0 fully saturated rings. The number of benzene rings is 2. The fourth-order valence-electron chi connectivity index (χ4n) is 2.49. The summed E-state index contributed by atoms with van der Waals surface area (Å²) >= 11 is 3.34. The molecular formula is C19H18BrN3O6. The molecule has 2 N–H and O–H groups in total. The summed E-state index contributed by atoms with van der Waals surface area (Å²) in [6.45, 7) is -0.368. The van der Waals surface area contributed by atoms with E-state index in [1.54, 1.807) is 24.3 Å². The molecule has 1 atom stereocenters. The molecule has 152 valence electrons. The van der Waals surface area contributed by atoms with E-state index in [0.717, 1.165) is 10.5 Å². The fourth-order valence-corrected chi connectivity index (χ4v) is 2.91. The van der Waals surface area contributed by atoms with Crippen LogP contribution in [0.1, 0.15) is 28.4 Å². The molecule has 0 saturated heterocycles. The number of amides is 2. The maximum Gasteiger partial charge on any atom is 0.307 e. The van der Waals surface area contributed by atoms with Gasteiger partial charge in [-0.15, -0.1) is 0 Å². The lowest BCUT2D eigenvalue weighted by Crippen LogP contribution is -2.39. The van der Waals surface area contributed by atoms with Gasteiger partial charge in [-0.2, -0.15) is 0 Å². The van der Waals surface area contributed by atoms with E-state index in [4.69, 9.17) is 0 Å². The number of rotatable bonds is 8. The van der Waals surface area contributed by atoms with Gasteiger partial charge in [0.2, 0.25) is 5.91 Å². The lowest BCUT2D eigenvalue weighted by Gasteiger charge is -2.18. The summed E-state index contributed by atoms with van der Waals surface area (Å²) in [5, 5.41) is 15.9. The molecule has 2 aromatic rings. The molecule has 0 radical (unpaired) electrons. The van der Waals surface area contributed by atoms with Crippen LogP contribution in [0.4, 0.5) is 5.69 Å². The van der Waals surface area contributed by atoms with Crippen molar-refractivity contribution in [2.45, 2.75) is 12.5 Å². The monoisotopic (exact) mass is 463 g/mol. The number of non-ortho nitro benzene ring substituents is 1. The second kappa shape index (κ2) is 10.3. The molecule has 0 aliphatic heterocycles. The highest BCUT2D eigenvalue weighted by molar-refractivity contribution is 9.10. The Labute approximate surface area is 174 Å². The minimum atomic E-state index is -0.651. The number of carbonyl (C=O) groups is 3. The average Bonchev–Trinajstić information content (AvgIpc) is 2.71. The molecular weight excluding hydrogens is 446 g/mol. The first-order valence-corrected chi connectivity index (χ1v) is 9.23. The van der Waals surface area contributed by atoms with Gasteiger partial charge in [-0.25, -0.2) is 0 Å². The van der Waals surface area contributed by atoms with Crippen molar-refractivity contribution in [3.8, 4) is 0 Å². The Hall–Kier alpha value is -3.27. The molecule has 2 rings (SSSR count). The number of nitrogens with one attached hydrogen (secondary N) is 2. The third kappa shape index (κ3) is 6.68. The van der Waals surface area contributed by atoms with Gasteiger partial charge in [-0.3, -0.25) is 24.5 Å². The highest BCUT2D eigenvalue weighted by Gasteiger charge is 2.20. The van der Waals surface area contributed by atoms with E-state index in [9.17, 15) is 24.5 Å². The first-order valence-electron chi connectivity index (χ1n) is 8.44. The second-order valence-electron chi connectivity index (χ2n) is 5.95. The third-order valence-electron chi connectivity index (χ3n) is 3.91. The van der Waals surface area contributed by atoms with Crippen molar-refractivity contribution >= 4 is 39.4 Å². The number of nitrogens with zero attached hydrogens (tertiary/aromatic N) is 1. The lowest BCUT2D eigenvalue weighted by molar-refractivity contribution is -0.384. The summed E-state index contributed by atoms with van der Waals surface area (Å²) in [5.74, 6) is -1.66.